The second-order valence-corrected chi connectivity index (χ2v) is 8.94. The van der Waals surface area contributed by atoms with Gasteiger partial charge in [-0.2, -0.15) is 0 Å². The van der Waals surface area contributed by atoms with Crippen molar-refractivity contribution in [1.29, 1.82) is 0 Å². The van der Waals surface area contributed by atoms with Gasteiger partial charge in [0.15, 0.2) is 5.96 Å². The van der Waals surface area contributed by atoms with Crippen LogP contribution in [0.4, 0.5) is 4.79 Å². The molecule has 0 spiro atoms. The van der Waals surface area contributed by atoms with Gasteiger partial charge in [-0.05, 0) is 53.4 Å². The van der Waals surface area contributed by atoms with E-state index in [2.05, 4.69) is 16.0 Å². The average Bonchev–Trinajstić information content (AvgIpc) is 3.10. The minimum absolute atomic E-state index is 0.0632. The molecule has 4 N–H and O–H groups in total. The summed E-state index contributed by atoms with van der Waals surface area (Å²) in [7, 11) is 0. The van der Waals surface area contributed by atoms with E-state index in [0.29, 0.717) is 32.1 Å². The number of aliphatic hydroxyl groups excluding tert-OH is 1. The van der Waals surface area contributed by atoms with E-state index < -0.39 is 17.2 Å². The van der Waals surface area contributed by atoms with Gasteiger partial charge in [0, 0.05) is 31.7 Å². The molecule has 0 bridgehead atoms. The Hall–Kier alpha value is -1.54. The molecule has 1 aliphatic rings. The van der Waals surface area contributed by atoms with Crippen LogP contribution in [0.5, 0.6) is 0 Å². The van der Waals surface area contributed by atoms with Crippen molar-refractivity contribution in [3.8, 4) is 0 Å². The highest BCUT2D eigenvalue weighted by Crippen LogP contribution is 2.31. The van der Waals surface area contributed by atoms with Gasteiger partial charge in [0.2, 0.25) is 0 Å². The first kappa shape index (κ1) is 25.5. The number of ether oxygens (including phenoxy) is 2. The van der Waals surface area contributed by atoms with E-state index in [4.69, 9.17) is 14.5 Å². The third-order valence-corrected chi connectivity index (χ3v) is 5.46. The van der Waals surface area contributed by atoms with Crippen LogP contribution in [0.2, 0.25) is 0 Å². The van der Waals surface area contributed by atoms with Crippen LogP contribution in [0.1, 0.15) is 67.2 Å². The van der Waals surface area contributed by atoms with Crippen molar-refractivity contribution in [2.45, 2.75) is 78.4 Å². The van der Waals surface area contributed by atoms with Crippen molar-refractivity contribution in [2.75, 3.05) is 39.5 Å². The number of carbonyl (C=O) groups excluding carboxylic acids is 1. The molecule has 0 saturated carbocycles. The Morgan fingerprint density at radius 2 is 1.90 bits per heavy atom. The maximum Gasteiger partial charge on any atom is 0.408 e. The summed E-state index contributed by atoms with van der Waals surface area (Å²) in [6, 6.07) is 0. The van der Waals surface area contributed by atoms with Crippen molar-refractivity contribution in [2.24, 2.45) is 10.4 Å². The summed E-state index contributed by atoms with van der Waals surface area (Å²) in [6.45, 7) is 15.1. The van der Waals surface area contributed by atoms with Crippen LogP contribution in [0, 0.1) is 5.41 Å². The summed E-state index contributed by atoms with van der Waals surface area (Å²) in [5, 5.41) is 19.1. The molecule has 1 aliphatic heterocycles. The first-order chi connectivity index (χ1) is 13.6. The smallest absolute Gasteiger partial charge is 0.408 e. The van der Waals surface area contributed by atoms with E-state index >= 15 is 0 Å². The molecule has 1 heterocycles. The van der Waals surface area contributed by atoms with Crippen LogP contribution in [-0.4, -0.2) is 67.8 Å². The lowest BCUT2D eigenvalue weighted by molar-refractivity contribution is 0.0452. The topological polar surface area (TPSA) is 104 Å². The van der Waals surface area contributed by atoms with Crippen LogP contribution in [-0.2, 0) is 9.47 Å². The molecule has 1 unspecified atom stereocenters. The number of hydrogen-bond acceptors (Lipinski definition) is 5. The zero-order valence-corrected chi connectivity index (χ0v) is 19.2. The predicted molar refractivity (Wildman–Crippen MR) is 116 cm³/mol. The Bertz CT molecular complexity index is 521. The Labute approximate surface area is 176 Å². The van der Waals surface area contributed by atoms with Gasteiger partial charge in [0.05, 0.1) is 18.7 Å². The number of carbonyl (C=O) groups is 1. The first-order valence-electron chi connectivity index (χ1n) is 10.8. The summed E-state index contributed by atoms with van der Waals surface area (Å²) >= 11 is 0. The van der Waals surface area contributed by atoms with Gasteiger partial charge in [0.25, 0.3) is 0 Å². The Morgan fingerprint density at radius 3 is 2.38 bits per heavy atom. The quantitative estimate of drug-likeness (QED) is 0.323. The molecular formula is C21H42N4O4. The van der Waals surface area contributed by atoms with Crippen LogP contribution in [0.15, 0.2) is 4.99 Å². The fourth-order valence-electron chi connectivity index (χ4n) is 3.37. The highest BCUT2D eigenvalue weighted by Gasteiger charge is 2.35. The number of aliphatic hydroxyl groups is 1. The third kappa shape index (κ3) is 8.78. The van der Waals surface area contributed by atoms with Gasteiger partial charge in [0.1, 0.15) is 5.60 Å². The van der Waals surface area contributed by atoms with Gasteiger partial charge in [-0.15, -0.1) is 0 Å². The molecule has 29 heavy (non-hydrogen) atoms. The van der Waals surface area contributed by atoms with Gasteiger partial charge >= 0.3 is 6.09 Å². The van der Waals surface area contributed by atoms with Crippen molar-refractivity contribution in [3.63, 3.8) is 0 Å². The third-order valence-electron chi connectivity index (χ3n) is 5.46. The van der Waals surface area contributed by atoms with Gasteiger partial charge in [-0.25, -0.2) is 4.79 Å². The number of nitrogens with zero attached hydrogens (tertiary/aromatic N) is 1. The van der Waals surface area contributed by atoms with E-state index in [1.807, 2.05) is 41.5 Å². The van der Waals surface area contributed by atoms with Gasteiger partial charge in [-0.1, -0.05) is 13.8 Å². The van der Waals surface area contributed by atoms with Crippen LogP contribution in [0.3, 0.4) is 0 Å². The van der Waals surface area contributed by atoms with E-state index in [0.717, 1.165) is 32.4 Å². The molecule has 0 aliphatic carbocycles. The summed E-state index contributed by atoms with van der Waals surface area (Å²) in [6.07, 6.45) is 2.70. The SMILES string of the molecule is CCNC(=NCC(CC)(CC)NC(=O)OC(C)(C)C)NCC1(CCO)CCOC1. The zero-order valence-electron chi connectivity index (χ0n) is 19.2. The van der Waals surface area contributed by atoms with Crippen molar-refractivity contribution in [3.05, 3.63) is 0 Å². The summed E-state index contributed by atoms with van der Waals surface area (Å²) in [5.74, 6) is 0.703. The molecule has 0 aromatic heterocycles. The molecule has 1 atom stereocenters. The van der Waals surface area contributed by atoms with Crippen LogP contribution < -0.4 is 16.0 Å². The minimum atomic E-state index is -0.540. The highest BCUT2D eigenvalue weighted by atomic mass is 16.6. The molecule has 8 nitrogen and oxygen atoms in total. The fraction of sp³-hybridized carbons (Fsp3) is 0.905. The highest BCUT2D eigenvalue weighted by molar-refractivity contribution is 5.80. The lowest BCUT2D eigenvalue weighted by Crippen LogP contribution is -2.52. The number of hydrogen-bond donors (Lipinski definition) is 4. The van der Waals surface area contributed by atoms with E-state index in [1.165, 1.54) is 0 Å². The number of alkyl carbamates (subject to hydrolysis) is 1. The largest absolute Gasteiger partial charge is 0.444 e. The molecule has 8 heteroatoms. The summed E-state index contributed by atoms with van der Waals surface area (Å²) < 4.78 is 11.0. The maximum atomic E-state index is 12.3. The number of aliphatic imine (C=N–C) groups is 1. The molecule has 1 saturated heterocycles. The lowest BCUT2D eigenvalue weighted by Gasteiger charge is -2.33. The average molecular weight is 415 g/mol. The number of nitrogens with one attached hydrogen (secondary N) is 3. The number of amides is 1. The minimum Gasteiger partial charge on any atom is -0.444 e. The van der Waals surface area contributed by atoms with Gasteiger partial charge in [-0.3, -0.25) is 4.99 Å². The Kier molecular flexibility index (Phi) is 10.2. The first-order valence-corrected chi connectivity index (χ1v) is 10.8. The summed E-state index contributed by atoms with van der Waals surface area (Å²) in [4.78, 5) is 17.1. The summed E-state index contributed by atoms with van der Waals surface area (Å²) in [5.41, 5.74) is -1.07. The van der Waals surface area contributed by atoms with Crippen molar-refractivity contribution >= 4 is 12.1 Å². The maximum absolute atomic E-state index is 12.3. The second kappa shape index (κ2) is 11.6. The van der Waals surface area contributed by atoms with Crippen LogP contribution in [0.25, 0.3) is 0 Å². The molecule has 1 amide bonds. The van der Waals surface area contributed by atoms with Gasteiger partial charge < -0.3 is 30.5 Å². The van der Waals surface area contributed by atoms with Crippen molar-refractivity contribution in [1.82, 2.24) is 16.0 Å². The van der Waals surface area contributed by atoms with E-state index in [1.54, 1.807) is 0 Å². The molecule has 0 aromatic rings. The molecule has 170 valence electrons. The lowest BCUT2D eigenvalue weighted by atomic mass is 9.84. The second-order valence-electron chi connectivity index (χ2n) is 8.94. The monoisotopic (exact) mass is 414 g/mol. The standard InChI is InChI=1S/C21H42N4O4/c1-7-21(8-2,25-18(27)29-19(4,5)6)15-24-17(22-9-3)23-14-20(10-12-26)11-13-28-16-20/h26H,7-16H2,1-6H3,(H,25,27)(H2,22,23,24). The Balaban J connectivity index is 2.82. The molecule has 0 radical (unpaired) electrons. The number of rotatable bonds is 10. The van der Waals surface area contributed by atoms with Crippen LogP contribution >= 0.6 is 0 Å². The molecule has 0 aromatic carbocycles. The molecule has 1 fully saturated rings. The fourth-order valence-corrected chi connectivity index (χ4v) is 3.37. The molecular weight excluding hydrogens is 372 g/mol. The Morgan fingerprint density at radius 1 is 1.21 bits per heavy atom. The number of guanidine groups is 1. The van der Waals surface area contributed by atoms with Crippen molar-refractivity contribution < 1.29 is 19.4 Å². The normalized spacial score (nSPS) is 20.4. The molecule has 1 rings (SSSR count). The van der Waals surface area contributed by atoms with E-state index in [-0.39, 0.29) is 12.0 Å². The zero-order chi connectivity index (χ0) is 22.0. The predicted octanol–water partition coefficient (Wildman–Crippen LogP) is 2.41. The van der Waals surface area contributed by atoms with E-state index in [9.17, 15) is 9.90 Å².